The first-order valence-electron chi connectivity index (χ1n) is 11.0. The van der Waals surface area contributed by atoms with Gasteiger partial charge in [-0.1, -0.05) is 48.5 Å². The molecule has 1 saturated heterocycles. The molecule has 0 atom stereocenters. The van der Waals surface area contributed by atoms with E-state index in [0.29, 0.717) is 12.1 Å². The van der Waals surface area contributed by atoms with Crippen molar-refractivity contribution < 1.29 is 4.79 Å². The Morgan fingerprint density at radius 2 is 1.39 bits per heavy atom. The fourth-order valence-electron chi connectivity index (χ4n) is 3.92. The number of pyridine rings is 1. The van der Waals surface area contributed by atoms with Gasteiger partial charge < -0.3 is 5.32 Å². The van der Waals surface area contributed by atoms with E-state index >= 15 is 0 Å². The van der Waals surface area contributed by atoms with Crippen molar-refractivity contribution in [3.8, 4) is 0 Å². The predicted molar refractivity (Wildman–Crippen MR) is 124 cm³/mol. The van der Waals surface area contributed by atoms with E-state index in [4.69, 9.17) is 0 Å². The molecule has 4 rings (SSSR count). The molecule has 1 N–H and O–H groups in total. The summed E-state index contributed by atoms with van der Waals surface area (Å²) in [4.78, 5) is 21.7. The highest BCUT2D eigenvalue weighted by Gasteiger charge is 2.17. The summed E-state index contributed by atoms with van der Waals surface area (Å²) in [6.45, 7) is 6.87. The van der Waals surface area contributed by atoms with Gasteiger partial charge in [0.25, 0.3) is 5.91 Å². The molecular weight excluding hydrogens is 384 g/mol. The van der Waals surface area contributed by atoms with Gasteiger partial charge in [-0.15, -0.1) is 0 Å². The van der Waals surface area contributed by atoms with Crippen LogP contribution in [0.3, 0.4) is 0 Å². The van der Waals surface area contributed by atoms with Gasteiger partial charge in [0, 0.05) is 69.7 Å². The van der Waals surface area contributed by atoms with Gasteiger partial charge in [0.05, 0.1) is 0 Å². The molecule has 0 spiro atoms. The van der Waals surface area contributed by atoms with Crippen molar-refractivity contribution in [1.82, 2.24) is 20.1 Å². The summed E-state index contributed by atoms with van der Waals surface area (Å²) >= 11 is 0. The highest BCUT2D eigenvalue weighted by molar-refractivity contribution is 5.94. The standard InChI is InChI=1S/C26H30N4O/c31-26(28-15-13-25-8-4-5-14-27-25)24-11-9-23(10-12-24)21-30-18-16-29(17-19-30)20-22-6-2-1-3-7-22/h1-12,14H,13,15-21H2,(H,28,31). The van der Waals surface area contributed by atoms with Crippen LogP contribution in [0.4, 0.5) is 0 Å². The molecule has 2 aromatic carbocycles. The van der Waals surface area contributed by atoms with E-state index in [2.05, 4.69) is 62.6 Å². The molecule has 3 aromatic rings. The molecule has 2 heterocycles. The number of hydrogen-bond acceptors (Lipinski definition) is 4. The van der Waals surface area contributed by atoms with Gasteiger partial charge >= 0.3 is 0 Å². The zero-order chi connectivity index (χ0) is 21.3. The summed E-state index contributed by atoms with van der Waals surface area (Å²) in [5.74, 6) is -0.0305. The van der Waals surface area contributed by atoms with Crippen molar-refractivity contribution in [3.63, 3.8) is 0 Å². The second-order valence-electron chi connectivity index (χ2n) is 8.06. The van der Waals surface area contributed by atoms with Gasteiger partial charge in [-0.05, 0) is 35.4 Å². The van der Waals surface area contributed by atoms with Crippen LogP contribution < -0.4 is 5.32 Å². The normalized spacial score (nSPS) is 15.0. The molecule has 5 heteroatoms. The number of rotatable bonds is 8. The van der Waals surface area contributed by atoms with E-state index in [1.807, 2.05) is 30.3 Å². The minimum atomic E-state index is -0.0305. The van der Waals surface area contributed by atoms with Crippen molar-refractivity contribution in [2.24, 2.45) is 0 Å². The number of carbonyl (C=O) groups excluding carboxylic acids is 1. The molecule has 0 bridgehead atoms. The van der Waals surface area contributed by atoms with Crippen LogP contribution in [-0.2, 0) is 19.5 Å². The third-order valence-electron chi connectivity index (χ3n) is 5.73. The van der Waals surface area contributed by atoms with E-state index in [1.165, 1.54) is 11.1 Å². The van der Waals surface area contributed by atoms with Crippen molar-refractivity contribution in [2.45, 2.75) is 19.5 Å². The maximum Gasteiger partial charge on any atom is 0.251 e. The highest BCUT2D eigenvalue weighted by atomic mass is 16.1. The average molecular weight is 415 g/mol. The summed E-state index contributed by atoms with van der Waals surface area (Å²) in [5.41, 5.74) is 4.32. The topological polar surface area (TPSA) is 48.5 Å². The number of aromatic nitrogens is 1. The van der Waals surface area contributed by atoms with Crippen LogP contribution >= 0.6 is 0 Å². The number of amides is 1. The SMILES string of the molecule is O=C(NCCc1ccccn1)c1ccc(CN2CCN(Cc3ccccc3)CC2)cc1. The minimum absolute atomic E-state index is 0.0305. The van der Waals surface area contributed by atoms with E-state index in [0.717, 1.165) is 51.4 Å². The summed E-state index contributed by atoms with van der Waals surface area (Å²) < 4.78 is 0. The Labute approximate surface area is 184 Å². The van der Waals surface area contributed by atoms with E-state index < -0.39 is 0 Å². The predicted octanol–water partition coefficient (Wildman–Crippen LogP) is 3.37. The van der Waals surface area contributed by atoms with Gasteiger partial charge in [0.2, 0.25) is 0 Å². The smallest absolute Gasteiger partial charge is 0.251 e. The summed E-state index contributed by atoms with van der Waals surface area (Å²) in [5, 5.41) is 2.98. The van der Waals surface area contributed by atoms with Crippen LogP contribution in [0, 0.1) is 0 Å². The lowest BCUT2D eigenvalue weighted by atomic mass is 10.1. The van der Waals surface area contributed by atoms with Gasteiger partial charge in [-0.3, -0.25) is 19.6 Å². The third-order valence-corrected chi connectivity index (χ3v) is 5.73. The Bertz CT molecular complexity index is 936. The quantitative estimate of drug-likeness (QED) is 0.614. The van der Waals surface area contributed by atoms with Crippen molar-refractivity contribution in [1.29, 1.82) is 0 Å². The number of nitrogens with zero attached hydrogens (tertiary/aromatic N) is 3. The first-order chi connectivity index (χ1) is 15.3. The molecule has 0 unspecified atom stereocenters. The molecule has 1 fully saturated rings. The second-order valence-corrected chi connectivity index (χ2v) is 8.06. The van der Waals surface area contributed by atoms with Gasteiger partial charge in [-0.25, -0.2) is 0 Å². The highest BCUT2D eigenvalue weighted by Crippen LogP contribution is 2.12. The lowest BCUT2D eigenvalue weighted by Gasteiger charge is -2.34. The Kier molecular flexibility index (Phi) is 7.42. The zero-order valence-electron chi connectivity index (χ0n) is 17.9. The first kappa shape index (κ1) is 21.2. The average Bonchev–Trinajstić information content (AvgIpc) is 2.82. The second kappa shape index (κ2) is 10.8. The van der Waals surface area contributed by atoms with Crippen LogP contribution in [0.5, 0.6) is 0 Å². The lowest BCUT2D eigenvalue weighted by molar-refractivity contribution is 0.0954. The molecule has 0 aliphatic carbocycles. The van der Waals surface area contributed by atoms with Gasteiger partial charge in [-0.2, -0.15) is 0 Å². The molecular formula is C26H30N4O. The fourth-order valence-corrected chi connectivity index (χ4v) is 3.92. The number of nitrogens with one attached hydrogen (secondary N) is 1. The molecule has 0 saturated carbocycles. The van der Waals surface area contributed by atoms with E-state index in [9.17, 15) is 4.79 Å². The monoisotopic (exact) mass is 414 g/mol. The third kappa shape index (κ3) is 6.48. The van der Waals surface area contributed by atoms with Gasteiger partial charge in [0.1, 0.15) is 0 Å². The first-order valence-corrected chi connectivity index (χ1v) is 11.0. The Morgan fingerprint density at radius 3 is 2.00 bits per heavy atom. The maximum absolute atomic E-state index is 12.4. The molecule has 160 valence electrons. The van der Waals surface area contributed by atoms with Crippen LogP contribution in [0.25, 0.3) is 0 Å². The van der Waals surface area contributed by atoms with Crippen molar-refractivity contribution in [3.05, 3.63) is 101 Å². The Morgan fingerprint density at radius 1 is 0.774 bits per heavy atom. The number of piperazine rings is 1. The number of hydrogen-bond donors (Lipinski definition) is 1. The fraction of sp³-hybridized carbons (Fsp3) is 0.308. The van der Waals surface area contributed by atoms with Crippen molar-refractivity contribution >= 4 is 5.91 Å². The van der Waals surface area contributed by atoms with Crippen LogP contribution in [0.1, 0.15) is 27.2 Å². The molecule has 31 heavy (non-hydrogen) atoms. The summed E-state index contributed by atoms with van der Waals surface area (Å²) in [6, 6.07) is 24.5. The lowest BCUT2D eigenvalue weighted by Crippen LogP contribution is -2.45. The maximum atomic E-state index is 12.4. The van der Waals surface area contributed by atoms with Crippen molar-refractivity contribution in [2.75, 3.05) is 32.7 Å². The summed E-state index contributed by atoms with van der Waals surface area (Å²) in [7, 11) is 0. The number of carbonyl (C=O) groups is 1. The summed E-state index contributed by atoms with van der Waals surface area (Å²) in [6.07, 6.45) is 2.51. The largest absolute Gasteiger partial charge is 0.352 e. The van der Waals surface area contributed by atoms with Crippen LogP contribution in [0.2, 0.25) is 0 Å². The van der Waals surface area contributed by atoms with Crippen LogP contribution in [0.15, 0.2) is 79.0 Å². The molecule has 1 amide bonds. The molecule has 1 aliphatic heterocycles. The van der Waals surface area contributed by atoms with Gasteiger partial charge in [0.15, 0.2) is 0 Å². The zero-order valence-corrected chi connectivity index (χ0v) is 17.9. The van der Waals surface area contributed by atoms with E-state index in [1.54, 1.807) is 6.20 Å². The minimum Gasteiger partial charge on any atom is -0.352 e. The molecule has 1 aliphatic rings. The van der Waals surface area contributed by atoms with E-state index in [-0.39, 0.29) is 5.91 Å². The molecule has 5 nitrogen and oxygen atoms in total. The number of benzene rings is 2. The Hall–Kier alpha value is -3.02. The molecule has 0 radical (unpaired) electrons. The van der Waals surface area contributed by atoms with Crippen LogP contribution in [-0.4, -0.2) is 53.4 Å². The molecule has 1 aromatic heterocycles. The Balaban J connectivity index is 1.19.